The lowest BCUT2D eigenvalue weighted by Gasteiger charge is -2.06. The van der Waals surface area contributed by atoms with Crippen LogP contribution in [0, 0.1) is 3.57 Å². The van der Waals surface area contributed by atoms with Crippen LogP contribution in [0.4, 0.5) is 5.95 Å². The number of benzene rings is 1. The predicted octanol–water partition coefficient (Wildman–Crippen LogP) is 3.22. The van der Waals surface area contributed by atoms with Crippen molar-refractivity contribution in [3.63, 3.8) is 0 Å². The van der Waals surface area contributed by atoms with Crippen LogP contribution in [0.2, 0.25) is 10.0 Å². The number of rotatable bonds is 4. The molecule has 0 aliphatic carbocycles. The first kappa shape index (κ1) is 17.2. The molecular weight excluding hydrogens is 466 g/mol. The number of halogens is 3. The van der Waals surface area contributed by atoms with Crippen molar-refractivity contribution in [1.82, 2.24) is 24.5 Å². The summed E-state index contributed by atoms with van der Waals surface area (Å²) in [5.74, 6) is -0.182. The van der Waals surface area contributed by atoms with E-state index in [0.717, 1.165) is 9.13 Å². The van der Waals surface area contributed by atoms with Crippen LogP contribution < -0.4 is 5.32 Å². The van der Waals surface area contributed by atoms with Crippen LogP contribution in [0.1, 0.15) is 16.1 Å². The first-order valence-electron chi connectivity index (χ1n) is 6.77. The number of amides is 1. The number of nitrogens with one attached hydrogen (secondary N) is 1. The van der Waals surface area contributed by atoms with Crippen LogP contribution in [-0.2, 0) is 13.6 Å². The van der Waals surface area contributed by atoms with E-state index < -0.39 is 0 Å². The second-order valence-electron chi connectivity index (χ2n) is 4.92. The number of aromatic nitrogens is 5. The molecule has 0 saturated heterocycles. The minimum Gasteiger partial charge on any atom is -0.288 e. The summed E-state index contributed by atoms with van der Waals surface area (Å²) < 4.78 is 3.86. The number of nitrogens with zero attached hydrogens (tertiary/aromatic N) is 5. The summed E-state index contributed by atoms with van der Waals surface area (Å²) >= 11 is 14.3. The van der Waals surface area contributed by atoms with Gasteiger partial charge in [-0.3, -0.25) is 14.8 Å². The average Bonchev–Trinajstić information content (AvgIpc) is 3.09. The maximum Gasteiger partial charge on any atom is 0.279 e. The molecule has 0 bridgehead atoms. The number of anilines is 1. The van der Waals surface area contributed by atoms with Crippen LogP contribution in [0.25, 0.3) is 0 Å². The molecule has 124 valence electrons. The van der Waals surface area contributed by atoms with Gasteiger partial charge in [-0.25, -0.2) is 9.67 Å². The second-order valence-corrected chi connectivity index (χ2v) is 6.90. The van der Waals surface area contributed by atoms with Gasteiger partial charge in [-0.1, -0.05) is 29.3 Å². The molecule has 10 heteroatoms. The molecule has 0 fully saturated rings. The number of hydrogen-bond donors (Lipinski definition) is 1. The minimum atomic E-state index is -0.367. The Morgan fingerprint density at radius 3 is 2.62 bits per heavy atom. The van der Waals surface area contributed by atoms with Crippen molar-refractivity contribution in [2.75, 3.05) is 5.32 Å². The van der Waals surface area contributed by atoms with E-state index in [1.54, 1.807) is 40.8 Å². The lowest BCUT2D eigenvalue weighted by atomic mass is 10.2. The third-order valence-electron chi connectivity index (χ3n) is 3.14. The summed E-state index contributed by atoms with van der Waals surface area (Å²) in [5.41, 5.74) is 1.06. The molecule has 0 aliphatic rings. The zero-order valence-corrected chi connectivity index (χ0v) is 16.0. The zero-order valence-electron chi connectivity index (χ0n) is 12.4. The van der Waals surface area contributed by atoms with Crippen LogP contribution in [-0.4, -0.2) is 30.5 Å². The molecule has 0 atom stereocenters. The van der Waals surface area contributed by atoms with Gasteiger partial charge < -0.3 is 0 Å². The highest BCUT2D eigenvalue weighted by Crippen LogP contribution is 2.25. The van der Waals surface area contributed by atoms with E-state index in [0.29, 0.717) is 22.3 Å². The van der Waals surface area contributed by atoms with Crippen LogP contribution in [0.15, 0.2) is 30.7 Å². The average molecular weight is 477 g/mol. The van der Waals surface area contributed by atoms with E-state index in [9.17, 15) is 4.79 Å². The highest BCUT2D eigenvalue weighted by Gasteiger charge is 2.16. The van der Waals surface area contributed by atoms with Crippen molar-refractivity contribution in [2.24, 2.45) is 7.05 Å². The van der Waals surface area contributed by atoms with E-state index in [2.05, 4.69) is 20.5 Å². The lowest BCUT2D eigenvalue weighted by molar-refractivity contribution is 0.102. The number of carbonyl (C=O) groups is 1. The van der Waals surface area contributed by atoms with Gasteiger partial charge in [0.2, 0.25) is 5.95 Å². The molecule has 3 aromatic rings. The molecule has 2 heterocycles. The fourth-order valence-corrected chi connectivity index (χ4v) is 3.32. The first-order valence-corrected chi connectivity index (χ1v) is 8.60. The maximum absolute atomic E-state index is 12.2. The molecule has 2 aromatic heterocycles. The SMILES string of the molecule is Cn1cc(I)c(C(=O)Nc2ncn(Cc3c(Cl)cccc3Cl)n2)n1. The number of aryl methyl sites for hydroxylation is 1. The Morgan fingerprint density at radius 1 is 1.29 bits per heavy atom. The summed E-state index contributed by atoms with van der Waals surface area (Å²) in [6.45, 7) is 0.350. The highest BCUT2D eigenvalue weighted by atomic mass is 127. The van der Waals surface area contributed by atoms with Crippen LogP contribution in [0.5, 0.6) is 0 Å². The zero-order chi connectivity index (χ0) is 17.3. The van der Waals surface area contributed by atoms with Crippen molar-refractivity contribution in [3.8, 4) is 0 Å². The fraction of sp³-hybridized carbons (Fsp3) is 0.143. The normalized spacial score (nSPS) is 10.8. The molecule has 3 rings (SSSR count). The van der Waals surface area contributed by atoms with Gasteiger partial charge in [-0.15, -0.1) is 5.10 Å². The van der Waals surface area contributed by atoms with Crippen molar-refractivity contribution < 1.29 is 4.79 Å². The molecule has 1 amide bonds. The third kappa shape index (κ3) is 3.70. The maximum atomic E-state index is 12.2. The van der Waals surface area contributed by atoms with Crippen LogP contribution in [0.3, 0.4) is 0 Å². The minimum absolute atomic E-state index is 0.185. The standard InChI is InChI=1S/C14H11Cl2IN6O/c1-22-6-11(17)12(20-22)13(24)19-14-18-7-23(21-14)5-8-9(15)3-2-4-10(8)16/h2-4,6-7H,5H2,1H3,(H,19,21,24). The third-order valence-corrected chi connectivity index (χ3v) is 4.64. The summed E-state index contributed by atoms with van der Waals surface area (Å²) in [6, 6.07) is 5.28. The highest BCUT2D eigenvalue weighted by molar-refractivity contribution is 14.1. The summed E-state index contributed by atoms with van der Waals surface area (Å²) in [7, 11) is 1.75. The van der Waals surface area contributed by atoms with Crippen molar-refractivity contribution in [1.29, 1.82) is 0 Å². The Morgan fingerprint density at radius 2 is 2.00 bits per heavy atom. The molecule has 0 saturated carbocycles. The largest absolute Gasteiger partial charge is 0.288 e. The Labute approximate surface area is 161 Å². The van der Waals surface area contributed by atoms with Gasteiger partial charge in [0.25, 0.3) is 5.91 Å². The Bertz CT molecular complexity index is 886. The summed E-state index contributed by atoms with van der Waals surface area (Å²) in [4.78, 5) is 16.3. The number of hydrogen-bond acceptors (Lipinski definition) is 4. The summed E-state index contributed by atoms with van der Waals surface area (Å²) in [5, 5.41) is 12.0. The van der Waals surface area contributed by atoms with Gasteiger partial charge in [0, 0.05) is 28.9 Å². The Hall–Kier alpha value is -1.65. The molecule has 24 heavy (non-hydrogen) atoms. The molecule has 1 aromatic carbocycles. The molecule has 7 nitrogen and oxygen atoms in total. The van der Waals surface area contributed by atoms with E-state index in [1.807, 2.05) is 22.6 Å². The van der Waals surface area contributed by atoms with E-state index in [-0.39, 0.29) is 11.9 Å². The van der Waals surface area contributed by atoms with E-state index in [1.165, 1.54) is 6.33 Å². The predicted molar refractivity (Wildman–Crippen MR) is 99.5 cm³/mol. The molecular formula is C14H11Cl2IN6O. The second kappa shape index (κ2) is 7.08. The van der Waals surface area contributed by atoms with E-state index >= 15 is 0 Å². The molecule has 0 spiro atoms. The van der Waals surface area contributed by atoms with E-state index in [4.69, 9.17) is 23.2 Å². The van der Waals surface area contributed by atoms with Crippen molar-refractivity contribution in [2.45, 2.75) is 6.54 Å². The number of carbonyl (C=O) groups excluding carboxylic acids is 1. The van der Waals surface area contributed by atoms with Crippen LogP contribution >= 0.6 is 45.8 Å². The molecule has 0 aliphatic heterocycles. The fourth-order valence-electron chi connectivity index (χ4n) is 2.05. The van der Waals surface area contributed by atoms with Gasteiger partial charge in [-0.05, 0) is 34.7 Å². The smallest absolute Gasteiger partial charge is 0.279 e. The molecule has 0 unspecified atom stereocenters. The van der Waals surface area contributed by atoms with Gasteiger partial charge >= 0.3 is 0 Å². The first-order chi connectivity index (χ1) is 11.4. The van der Waals surface area contributed by atoms with Gasteiger partial charge in [0.15, 0.2) is 5.69 Å². The quantitative estimate of drug-likeness (QED) is 0.586. The Kier molecular flexibility index (Phi) is 5.07. The lowest BCUT2D eigenvalue weighted by Crippen LogP contribution is -2.15. The molecule has 0 radical (unpaired) electrons. The Balaban J connectivity index is 1.74. The summed E-state index contributed by atoms with van der Waals surface area (Å²) in [6.07, 6.45) is 3.25. The monoisotopic (exact) mass is 476 g/mol. The molecule has 1 N–H and O–H groups in total. The van der Waals surface area contributed by atoms with Gasteiger partial charge in [0.05, 0.1) is 10.1 Å². The van der Waals surface area contributed by atoms with Gasteiger partial charge in [-0.2, -0.15) is 5.10 Å². The topological polar surface area (TPSA) is 77.6 Å². The van der Waals surface area contributed by atoms with Crippen molar-refractivity contribution in [3.05, 3.63) is 55.6 Å². The van der Waals surface area contributed by atoms with Crippen molar-refractivity contribution >= 4 is 57.6 Å². The van der Waals surface area contributed by atoms with Gasteiger partial charge in [0.1, 0.15) is 6.33 Å².